The monoisotopic (exact) mass is 769 g/mol. The third-order valence-corrected chi connectivity index (χ3v) is 10.3. The van der Waals surface area contributed by atoms with Crippen molar-refractivity contribution in [1.29, 1.82) is 0 Å². The first-order chi connectivity index (χ1) is 26.1. The van der Waals surface area contributed by atoms with Crippen LogP contribution in [0, 0.1) is 0 Å². The fraction of sp³-hybridized carbons (Fsp3) is 1.00. The second-order valence-corrected chi connectivity index (χ2v) is 17.8. The largest absolute Gasteiger partial charge is 0.309 e. The topological polar surface area (TPSA) is 13.0 Å². The SMILES string of the molecule is CCCCCCCCCCCCN(C)C.CCCCCCCCCCCN(C)C.CCCCCCCCCCN(C)C.CCCCCCCCCN(C)C. The maximum absolute atomic E-state index is 2.28. The van der Waals surface area contributed by atoms with E-state index < -0.39 is 0 Å². The van der Waals surface area contributed by atoms with Gasteiger partial charge in [0.1, 0.15) is 0 Å². The Morgan fingerprint density at radius 1 is 0.167 bits per heavy atom. The van der Waals surface area contributed by atoms with E-state index in [1.807, 2.05) is 0 Å². The molecule has 0 radical (unpaired) electrons. The summed E-state index contributed by atoms with van der Waals surface area (Å²) in [5.74, 6) is 0. The van der Waals surface area contributed by atoms with Crippen LogP contribution < -0.4 is 0 Å². The summed E-state index contributed by atoms with van der Waals surface area (Å²) in [4.78, 5) is 9.11. The molecule has 0 aromatic heterocycles. The molecule has 0 amide bonds. The number of rotatable bonds is 38. The van der Waals surface area contributed by atoms with Gasteiger partial charge in [0.15, 0.2) is 0 Å². The minimum absolute atomic E-state index is 1.26. The maximum Gasteiger partial charge on any atom is -0.00248 e. The Morgan fingerprint density at radius 2 is 0.278 bits per heavy atom. The van der Waals surface area contributed by atoms with Crippen LogP contribution in [0.25, 0.3) is 0 Å². The molecule has 4 nitrogen and oxygen atoms in total. The van der Waals surface area contributed by atoms with Crippen molar-refractivity contribution in [3.63, 3.8) is 0 Å². The normalized spacial score (nSPS) is 11.1. The van der Waals surface area contributed by atoms with E-state index in [-0.39, 0.29) is 0 Å². The molecule has 0 aliphatic rings. The minimum Gasteiger partial charge on any atom is -0.309 e. The Morgan fingerprint density at radius 3 is 0.389 bits per heavy atom. The number of unbranched alkanes of at least 4 members (excludes halogenated alkanes) is 30. The molecule has 0 aliphatic heterocycles. The fourth-order valence-corrected chi connectivity index (χ4v) is 6.60. The van der Waals surface area contributed by atoms with Gasteiger partial charge in [-0.2, -0.15) is 0 Å². The van der Waals surface area contributed by atoms with E-state index in [9.17, 15) is 0 Å². The van der Waals surface area contributed by atoms with Gasteiger partial charge in [-0.05, 0) is 108 Å². The molecule has 0 aliphatic carbocycles. The molecule has 0 unspecified atom stereocenters. The van der Waals surface area contributed by atoms with E-state index in [1.54, 1.807) is 0 Å². The Bertz CT molecular complexity index is 577. The van der Waals surface area contributed by atoms with Crippen LogP contribution in [0.3, 0.4) is 0 Å². The first-order valence-corrected chi connectivity index (χ1v) is 24.7. The first kappa shape index (κ1) is 60.5. The van der Waals surface area contributed by atoms with E-state index in [4.69, 9.17) is 0 Å². The van der Waals surface area contributed by atoms with Crippen LogP contribution in [0.5, 0.6) is 0 Å². The average Bonchev–Trinajstić information content (AvgIpc) is 3.13. The Balaban J connectivity index is -0.000000310. The zero-order chi connectivity index (χ0) is 41.2. The fourth-order valence-electron chi connectivity index (χ4n) is 6.60. The predicted octanol–water partition coefficient (Wildman–Crippen LogP) is 15.5. The third-order valence-electron chi connectivity index (χ3n) is 10.3. The van der Waals surface area contributed by atoms with Crippen LogP contribution >= 0.6 is 0 Å². The molecule has 0 rings (SSSR count). The summed E-state index contributed by atoms with van der Waals surface area (Å²) in [5, 5.41) is 0. The van der Waals surface area contributed by atoms with Crippen LogP contribution in [0.4, 0.5) is 0 Å². The average molecular weight is 769 g/mol. The number of hydrogen-bond acceptors (Lipinski definition) is 4. The highest BCUT2D eigenvalue weighted by Crippen LogP contribution is 2.12. The molecular weight excluding hydrogens is 657 g/mol. The van der Waals surface area contributed by atoms with Crippen molar-refractivity contribution < 1.29 is 0 Å². The van der Waals surface area contributed by atoms with Gasteiger partial charge in [-0.25, -0.2) is 0 Å². The molecule has 0 bridgehead atoms. The summed E-state index contributed by atoms with van der Waals surface area (Å²) in [7, 11) is 17.2. The van der Waals surface area contributed by atoms with E-state index >= 15 is 0 Å². The minimum atomic E-state index is 1.26. The lowest BCUT2D eigenvalue weighted by molar-refractivity contribution is 0.389. The third kappa shape index (κ3) is 76.5. The van der Waals surface area contributed by atoms with E-state index in [1.165, 1.54) is 244 Å². The summed E-state index contributed by atoms with van der Waals surface area (Å²) in [6.45, 7) is 14.1. The first-order valence-electron chi connectivity index (χ1n) is 24.7. The zero-order valence-electron chi connectivity index (χ0n) is 40.7. The second kappa shape index (κ2) is 57.2. The molecule has 0 heterocycles. The van der Waals surface area contributed by atoms with Crippen molar-refractivity contribution in [3.8, 4) is 0 Å². The molecule has 0 atom stereocenters. The van der Waals surface area contributed by atoms with Gasteiger partial charge in [0.25, 0.3) is 0 Å². The lowest BCUT2D eigenvalue weighted by atomic mass is 10.1. The summed E-state index contributed by atoms with van der Waals surface area (Å²) in [6.07, 6.45) is 48.5. The lowest BCUT2D eigenvalue weighted by Gasteiger charge is -2.08. The van der Waals surface area contributed by atoms with Crippen molar-refractivity contribution in [2.24, 2.45) is 0 Å². The maximum atomic E-state index is 2.28. The van der Waals surface area contributed by atoms with Gasteiger partial charge in [0, 0.05) is 0 Å². The van der Waals surface area contributed by atoms with Crippen molar-refractivity contribution in [3.05, 3.63) is 0 Å². The van der Waals surface area contributed by atoms with Crippen molar-refractivity contribution in [2.75, 3.05) is 82.6 Å². The summed E-state index contributed by atoms with van der Waals surface area (Å²) < 4.78 is 0. The van der Waals surface area contributed by atoms with Crippen LogP contribution in [-0.2, 0) is 0 Å². The lowest BCUT2D eigenvalue weighted by Crippen LogP contribution is -2.12. The van der Waals surface area contributed by atoms with Gasteiger partial charge < -0.3 is 19.6 Å². The standard InChI is InChI=1S/C14H31N.C13H29N.C12H27N.C11H25N/c1-4-5-6-7-8-9-10-11-12-13-14-15(2)3;1-4-5-6-7-8-9-10-11-12-13-14(2)3;1-4-5-6-7-8-9-10-11-12-13(2)3;1-4-5-6-7-8-9-10-11-12(2)3/h4-14H2,1-3H3;4-13H2,1-3H3;4-12H2,1-3H3;4-11H2,1-3H3. The molecule has 0 N–H and O–H groups in total. The number of nitrogens with zero attached hydrogens (tertiary/aromatic N) is 4. The molecule has 54 heavy (non-hydrogen) atoms. The summed E-state index contributed by atoms with van der Waals surface area (Å²) >= 11 is 0. The van der Waals surface area contributed by atoms with Gasteiger partial charge in [-0.15, -0.1) is 0 Å². The molecule has 0 fully saturated rings. The predicted molar refractivity (Wildman–Crippen MR) is 254 cm³/mol. The molecule has 0 saturated carbocycles. The highest BCUT2D eigenvalue weighted by molar-refractivity contribution is 4.52. The van der Waals surface area contributed by atoms with Crippen molar-refractivity contribution in [1.82, 2.24) is 19.6 Å². The summed E-state index contributed by atoms with van der Waals surface area (Å²) in [6, 6.07) is 0. The highest BCUT2D eigenvalue weighted by Gasteiger charge is 1.96. The Hall–Kier alpha value is -0.160. The van der Waals surface area contributed by atoms with E-state index in [2.05, 4.69) is 104 Å². The molecule has 4 heteroatoms. The molecule has 0 aromatic rings. The molecule has 0 spiro atoms. The van der Waals surface area contributed by atoms with E-state index in [0.29, 0.717) is 0 Å². The molecule has 0 saturated heterocycles. The summed E-state index contributed by atoms with van der Waals surface area (Å²) in [5.41, 5.74) is 0. The van der Waals surface area contributed by atoms with Gasteiger partial charge in [-0.3, -0.25) is 0 Å². The highest BCUT2D eigenvalue weighted by atomic mass is 15.1. The molecule has 0 aromatic carbocycles. The Kier molecular flexibility index (Phi) is 64.1. The van der Waals surface area contributed by atoms with Gasteiger partial charge in [0.05, 0.1) is 0 Å². The smallest absolute Gasteiger partial charge is 0.00248 e. The van der Waals surface area contributed by atoms with Gasteiger partial charge >= 0.3 is 0 Å². The molecule has 332 valence electrons. The van der Waals surface area contributed by atoms with Crippen LogP contribution in [0.2, 0.25) is 0 Å². The Labute approximate surface area is 347 Å². The zero-order valence-corrected chi connectivity index (χ0v) is 40.7. The van der Waals surface area contributed by atoms with E-state index in [0.717, 1.165) is 0 Å². The second-order valence-electron chi connectivity index (χ2n) is 17.8. The van der Waals surface area contributed by atoms with Crippen LogP contribution in [-0.4, -0.2) is 102 Å². The van der Waals surface area contributed by atoms with Crippen LogP contribution in [0.15, 0.2) is 0 Å². The molecular formula is C50H112N4. The van der Waals surface area contributed by atoms with Gasteiger partial charge in [-0.1, -0.05) is 220 Å². The van der Waals surface area contributed by atoms with Gasteiger partial charge in [0.2, 0.25) is 0 Å². The quantitative estimate of drug-likeness (QED) is 0.0580. The van der Waals surface area contributed by atoms with Crippen molar-refractivity contribution in [2.45, 2.75) is 246 Å². The van der Waals surface area contributed by atoms with Crippen LogP contribution in [0.1, 0.15) is 246 Å². The van der Waals surface area contributed by atoms with Crippen molar-refractivity contribution >= 4 is 0 Å². The number of hydrogen-bond donors (Lipinski definition) is 0.